The fourth-order valence-electron chi connectivity index (χ4n) is 1.35. The first-order valence-electron chi connectivity index (χ1n) is 4.77. The van der Waals surface area contributed by atoms with Crippen LogP contribution >= 0.6 is 11.3 Å². The van der Waals surface area contributed by atoms with Gasteiger partial charge in [-0.25, -0.2) is 8.78 Å². The zero-order valence-electron chi connectivity index (χ0n) is 8.58. The third-order valence-electron chi connectivity index (χ3n) is 2.18. The minimum Gasteiger partial charge on any atom is -0.375 e. The van der Waals surface area contributed by atoms with Crippen LogP contribution in [0.15, 0.2) is 29.9 Å². The van der Waals surface area contributed by atoms with Gasteiger partial charge in [0.05, 0.1) is 17.2 Å². The van der Waals surface area contributed by atoms with Crippen molar-refractivity contribution in [3.8, 4) is 0 Å². The average Bonchev–Trinajstić information content (AvgIpc) is 2.75. The molecular weight excluding hydrogens is 230 g/mol. The molecule has 0 fully saturated rings. The number of nitrogens with zero attached hydrogens (tertiary/aromatic N) is 1. The van der Waals surface area contributed by atoms with Crippen molar-refractivity contribution in [1.82, 2.24) is 4.98 Å². The van der Waals surface area contributed by atoms with Crippen LogP contribution in [0.25, 0.3) is 0 Å². The number of hydrogen-bond donors (Lipinski definition) is 1. The van der Waals surface area contributed by atoms with Crippen LogP contribution in [0.4, 0.5) is 14.5 Å². The molecule has 2 aromatic rings. The lowest BCUT2D eigenvalue weighted by atomic mass is 10.2. The molecule has 84 valence electrons. The number of rotatable bonds is 3. The Hall–Kier alpha value is -1.49. The van der Waals surface area contributed by atoms with Crippen molar-refractivity contribution >= 4 is 17.0 Å². The molecule has 0 aliphatic carbocycles. The van der Waals surface area contributed by atoms with Gasteiger partial charge in [-0.2, -0.15) is 0 Å². The Morgan fingerprint density at radius 1 is 1.38 bits per heavy atom. The van der Waals surface area contributed by atoms with Gasteiger partial charge in [0.1, 0.15) is 11.6 Å². The van der Waals surface area contributed by atoms with Gasteiger partial charge in [0.2, 0.25) is 0 Å². The first-order chi connectivity index (χ1) is 7.66. The molecule has 1 aromatic carbocycles. The van der Waals surface area contributed by atoms with E-state index in [2.05, 4.69) is 10.3 Å². The molecule has 0 aliphatic heterocycles. The minimum absolute atomic E-state index is 0.0486. The van der Waals surface area contributed by atoms with Crippen molar-refractivity contribution in [3.63, 3.8) is 0 Å². The molecular formula is C11H10F2N2S. The number of nitrogens with one attached hydrogen (secondary N) is 1. The maximum Gasteiger partial charge on any atom is 0.149 e. The average molecular weight is 240 g/mol. The van der Waals surface area contributed by atoms with Crippen LogP contribution in [0.2, 0.25) is 0 Å². The van der Waals surface area contributed by atoms with Gasteiger partial charge < -0.3 is 5.32 Å². The van der Waals surface area contributed by atoms with E-state index >= 15 is 0 Å². The van der Waals surface area contributed by atoms with Gasteiger partial charge in [0, 0.05) is 17.1 Å². The summed E-state index contributed by atoms with van der Waals surface area (Å²) in [6, 6.07) is 3.43. The molecule has 2 nitrogen and oxygen atoms in total. The monoisotopic (exact) mass is 240 g/mol. The highest BCUT2D eigenvalue weighted by atomic mass is 32.1. The minimum atomic E-state index is -0.587. The Balaban J connectivity index is 2.15. The normalized spacial score (nSPS) is 12.4. The highest BCUT2D eigenvalue weighted by Crippen LogP contribution is 2.23. The summed E-state index contributed by atoms with van der Waals surface area (Å²) in [5.74, 6) is -1.16. The van der Waals surface area contributed by atoms with Crippen molar-refractivity contribution < 1.29 is 8.78 Å². The quantitative estimate of drug-likeness (QED) is 0.886. The molecule has 1 aromatic heterocycles. The highest BCUT2D eigenvalue weighted by Gasteiger charge is 2.10. The molecule has 1 unspecified atom stereocenters. The summed E-state index contributed by atoms with van der Waals surface area (Å²) in [6.07, 6.45) is 1.73. The molecule has 0 aliphatic rings. The van der Waals surface area contributed by atoms with Crippen LogP contribution in [0.1, 0.15) is 17.8 Å². The molecule has 0 amide bonds. The summed E-state index contributed by atoms with van der Waals surface area (Å²) in [5.41, 5.74) is 2.01. The second-order valence-corrected chi connectivity index (χ2v) is 4.31. The van der Waals surface area contributed by atoms with Gasteiger partial charge in [-0.15, -0.1) is 11.3 Å². The van der Waals surface area contributed by atoms with Gasteiger partial charge in [-0.05, 0) is 19.1 Å². The maximum atomic E-state index is 13.3. The highest BCUT2D eigenvalue weighted by molar-refractivity contribution is 7.09. The molecule has 0 saturated carbocycles. The maximum absolute atomic E-state index is 13.3. The topological polar surface area (TPSA) is 24.9 Å². The molecule has 0 spiro atoms. The largest absolute Gasteiger partial charge is 0.375 e. The fraction of sp³-hybridized carbons (Fsp3) is 0.182. The number of anilines is 1. The van der Waals surface area contributed by atoms with Crippen LogP contribution in [-0.2, 0) is 0 Å². The van der Waals surface area contributed by atoms with Crippen molar-refractivity contribution in [2.45, 2.75) is 13.0 Å². The molecule has 0 radical (unpaired) electrons. The Kier molecular flexibility index (Phi) is 3.14. The third kappa shape index (κ3) is 2.36. The number of aromatic nitrogens is 1. The van der Waals surface area contributed by atoms with Crippen molar-refractivity contribution in [2.24, 2.45) is 0 Å². The molecule has 0 saturated heterocycles. The number of benzene rings is 1. The zero-order valence-corrected chi connectivity index (χ0v) is 9.39. The van der Waals surface area contributed by atoms with E-state index in [0.717, 1.165) is 10.9 Å². The van der Waals surface area contributed by atoms with Crippen LogP contribution in [0, 0.1) is 11.6 Å². The van der Waals surface area contributed by atoms with E-state index in [1.54, 1.807) is 11.7 Å². The van der Waals surface area contributed by atoms with Crippen LogP contribution in [0.5, 0.6) is 0 Å². The molecule has 0 bridgehead atoms. The number of halogens is 2. The Bertz CT molecular complexity index is 471. The van der Waals surface area contributed by atoms with E-state index in [0.29, 0.717) is 5.69 Å². The predicted molar refractivity (Wildman–Crippen MR) is 60.5 cm³/mol. The predicted octanol–water partition coefficient (Wildman–Crippen LogP) is 3.59. The lowest BCUT2D eigenvalue weighted by Gasteiger charge is -2.13. The fourth-order valence-corrected chi connectivity index (χ4v) is 1.98. The van der Waals surface area contributed by atoms with E-state index in [-0.39, 0.29) is 6.04 Å². The summed E-state index contributed by atoms with van der Waals surface area (Å²) >= 11 is 1.49. The van der Waals surface area contributed by atoms with Crippen LogP contribution in [0.3, 0.4) is 0 Å². The van der Waals surface area contributed by atoms with Gasteiger partial charge in [0.25, 0.3) is 0 Å². The second kappa shape index (κ2) is 4.57. The van der Waals surface area contributed by atoms with E-state index in [1.165, 1.54) is 23.5 Å². The second-order valence-electron chi connectivity index (χ2n) is 3.39. The van der Waals surface area contributed by atoms with Crippen molar-refractivity contribution in [2.75, 3.05) is 5.32 Å². The first-order valence-corrected chi connectivity index (χ1v) is 5.65. The van der Waals surface area contributed by atoms with Crippen molar-refractivity contribution in [1.29, 1.82) is 0 Å². The van der Waals surface area contributed by atoms with Crippen molar-refractivity contribution in [3.05, 3.63) is 46.4 Å². The lowest BCUT2D eigenvalue weighted by molar-refractivity contribution is 0.584. The van der Waals surface area contributed by atoms with E-state index in [4.69, 9.17) is 0 Å². The molecule has 2 rings (SSSR count). The Morgan fingerprint density at radius 3 is 2.81 bits per heavy atom. The Morgan fingerprint density at radius 2 is 2.19 bits per heavy atom. The molecule has 1 atom stereocenters. The number of hydrogen-bond acceptors (Lipinski definition) is 3. The molecule has 16 heavy (non-hydrogen) atoms. The summed E-state index contributed by atoms with van der Waals surface area (Å²) in [7, 11) is 0. The molecule has 1 heterocycles. The van der Waals surface area contributed by atoms with E-state index in [9.17, 15) is 8.78 Å². The number of thiazole rings is 1. The summed E-state index contributed by atoms with van der Waals surface area (Å²) < 4.78 is 26.0. The first kappa shape index (κ1) is 11.0. The van der Waals surface area contributed by atoms with Crippen LogP contribution < -0.4 is 5.32 Å². The third-order valence-corrected chi connectivity index (χ3v) is 3.14. The van der Waals surface area contributed by atoms with Gasteiger partial charge in [0.15, 0.2) is 0 Å². The summed E-state index contributed by atoms with van der Waals surface area (Å²) in [4.78, 5) is 4.95. The van der Waals surface area contributed by atoms with Gasteiger partial charge in [-0.3, -0.25) is 4.98 Å². The van der Waals surface area contributed by atoms with E-state index in [1.807, 2.05) is 6.92 Å². The Labute approximate surface area is 96.0 Å². The smallest absolute Gasteiger partial charge is 0.149 e. The molecule has 5 heteroatoms. The van der Waals surface area contributed by atoms with Gasteiger partial charge in [-0.1, -0.05) is 0 Å². The molecule has 1 N–H and O–H groups in total. The zero-order chi connectivity index (χ0) is 11.5. The lowest BCUT2D eigenvalue weighted by Crippen LogP contribution is -2.06. The summed E-state index contributed by atoms with van der Waals surface area (Å²) in [5, 5.41) is 2.97. The van der Waals surface area contributed by atoms with Gasteiger partial charge >= 0.3 is 0 Å². The summed E-state index contributed by atoms with van der Waals surface area (Å²) in [6.45, 7) is 1.90. The standard InChI is InChI=1S/C11H10F2N2S/c1-7(11-5-14-6-16-11)15-10-3-2-8(12)4-9(10)13/h2-7,15H,1H3. The van der Waals surface area contributed by atoms with Crippen LogP contribution in [-0.4, -0.2) is 4.98 Å². The SMILES string of the molecule is CC(Nc1ccc(F)cc1F)c1cncs1. The van der Waals surface area contributed by atoms with E-state index < -0.39 is 11.6 Å².